The fraction of sp³-hybridized carbons (Fsp3) is 0.529. The smallest absolute Gasteiger partial charge is 0.322 e. The van der Waals surface area contributed by atoms with E-state index in [1.807, 2.05) is 0 Å². The van der Waals surface area contributed by atoms with Crippen LogP contribution in [0.3, 0.4) is 0 Å². The predicted molar refractivity (Wildman–Crippen MR) is 105 cm³/mol. The van der Waals surface area contributed by atoms with E-state index >= 15 is 0 Å². The first-order valence-corrected chi connectivity index (χ1v) is 10.2. The molecule has 3 amide bonds. The van der Waals surface area contributed by atoms with E-state index in [0.717, 1.165) is 19.3 Å². The van der Waals surface area contributed by atoms with Gasteiger partial charge in [-0.2, -0.15) is 0 Å². The van der Waals surface area contributed by atoms with Gasteiger partial charge in [0.05, 0.1) is 12.0 Å². The molecule has 2 fully saturated rings. The third-order valence-corrected chi connectivity index (χ3v) is 6.82. The van der Waals surface area contributed by atoms with Crippen LogP contribution in [0.2, 0.25) is 0 Å². The molecule has 1 aromatic carbocycles. The molecule has 1 aliphatic carbocycles. The normalized spacial score (nSPS) is 27.1. The predicted octanol–water partition coefficient (Wildman–Crippen LogP) is 0.577. The number of nitrogens with one attached hydrogen (secondary N) is 3. The van der Waals surface area contributed by atoms with E-state index in [9.17, 15) is 18.0 Å². The number of rotatable bonds is 6. The highest BCUT2D eigenvalue weighted by atomic mass is 35.5. The van der Waals surface area contributed by atoms with Gasteiger partial charge in [0, 0.05) is 11.6 Å². The lowest BCUT2D eigenvalue weighted by Crippen LogP contribution is -2.42. The SMILES string of the molecule is COc1ccc(S(=O)(=O)NC2CCCC2CN)cc1C1(C)NC(=O)NC1=O.Cl. The fourth-order valence-electron chi connectivity index (χ4n) is 3.72. The molecule has 2 aliphatic rings. The number of hydrogen-bond acceptors (Lipinski definition) is 6. The molecule has 3 unspecified atom stereocenters. The van der Waals surface area contributed by atoms with Crippen LogP contribution in [0.5, 0.6) is 5.75 Å². The first-order chi connectivity index (χ1) is 12.7. The maximum Gasteiger partial charge on any atom is 0.322 e. The van der Waals surface area contributed by atoms with Crippen molar-refractivity contribution >= 4 is 34.4 Å². The number of methoxy groups -OCH3 is 1. The Morgan fingerprint density at radius 2 is 2.04 bits per heavy atom. The van der Waals surface area contributed by atoms with Crippen LogP contribution in [-0.4, -0.2) is 40.1 Å². The second-order valence-corrected chi connectivity index (χ2v) is 8.76. The fourth-order valence-corrected chi connectivity index (χ4v) is 5.08. The Bertz CT molecular complexity index is 878. The lowest BCUT2D eigenvalue weighted by molar-refractivity contribution is -0.123. The number of carbonyl (C=O) groups is 2. The molecule has 5 N–H and O–H groups in total. The van der Waals surface area contributed by atoms with Crippen molar-refractivity contribution in [3.05, 3.63) is 23.8 Å². The van der Waals surface area contributed by atoms with Crippen molar-refractivity contribution in [2.24, 2.45) is 11.7 Å². The highest BCUT2D eigenvalue weighted by Crippen LogP contribution is 2.34. The Labute approximate surface area is 170 Å². The van der Waals surface area contributed by atoms with Crippen molar-refractivity contribution in [3.63, 3.8) is 0 Å². The van der Waals surface area contributed by atoms with E-state index in [2.05, 4.69) is 15.4 Å². The number of ether oxygens (including phenoxy) is 1. The molecular formula is C17H25ClN4O5S. The zero-order valence-electron chi connectivity index (χ0n) is 15.7. The minimum Gasteiger partial charge on any atom is -0.496 e. The number of amides is 3. The molecule has 28 heavy (non-hydrogen) atoms. The summed E-state index contributed by atoms with van der Waals surface area (Å²) in [6.07, 6.45) is 2.55. The molecule has 3 atom stereocenters. The van der Waals surface area contributed by atoms with E-state index < -0.39 is 27.5 Å². The molecule has 0 aromatic heterocycles. The molecule has 0 radical (unpaired) electrons. The van der Waals surface area contributed by atoms with Crippen molar-refractivity contribution in [1.82, 2.24) is 15.4 Å². The van der Waals surface area contributed by atoms with E-state index in [0.29, 0.717) is 12.3 Å². The summed E-state index contributed by atoms with van der Waals surface area (Å²) in [6.45, 7) is 1.92. The number of nitrogens with two attached hydrogens (primary N) is 1. The van der Waals surface area contributed by atoms with E-state index in [1.165, 1.54) is 32.2 Å². The highest BCUT2D eigenvalue weighted by molar-refractivity contribution is 7.89. The molecule has 156 valence electrons. The second-order valence-electron chi connectivity index (χ2n) is 7.05. The van der Waals surface area contributed by atoms with Crippen LogP contribution in [0.4, 0.5) is 4.79 Å². The lowest BCUT2D eigenvalue weighted by atomic mass is 9.91. The number of carbonyl (C=O) groups excluding carboxylic acids is 2. The summed E-state index contributed by atoms with van der Waals surface area (Å²) in [7, 11) is -2.42. The van der Waals surface area contributed by atoms with Crippen LogP contribution < -0.4 is 25.8 Å². The van der Waals surface area contributed by atoms with Gasteiger partial charge in [0.25, 0.3) is 5.91 Å². The third kappa shape index (κ3) is 3.95. The Hall–Kier alpha value is -1.88. The number of urea groups is 1. The van der Waals surface area contributed by atoms with Crippen molar-refractivity contribution in [2.75, 3.05) is 13.7 Å². The van der Waals surface area contributed by atoms with Crippen molar-refractivity contribution in [1.29, 1.82) is 0 Å². The monoisotopic (exact) mass is 432 g/mol. The summed E-state index contributed by atoms with van der Waals surface area (Å²) in [4.78, 5) is 23.9. The van der Waals surface area contributed by atoms with Crippen LogP contribution >= 0.6 is 12.4 Å². The number of benzene rings is 1. The van der Waals surface area contributed by atoms with Crippen LogP contribution in [0.25, 0.3) is 0 Å². The standard InChI is InChI=1S/C17H24N4O5S.ClH/c1-17(15(22)19-16(23)20-17)12-8-11(6-7-14(12)26-2)27(24,25)21-13-5-3-4-10(13)9-18;/h6-8,10,13,21H,3-5,9,18H2,1-2H3,(H2,19,20,22,23);1H. The van der Waals surface area contributed by atoms with Gasteiger partial charge in [-0.15, -0.1) is 12.4 Å². The van der Waals surface area contributed by atoms with Crippen LogP contribution in [0.15, 0.2) is 23.1 Å². The molecule has 1 aromatic rings. The zero-order chi connectivity index (χ0) is 19.8. The Kier molecular flexibility index (Phi) is 6.59. The van der Waals surface area contributed by atoms with Gasteiger partial charge in [0.15, 0.2) is 0 Å². The van der Waals surface area contributed by atoms with E-state index in [4.69, 9.17) is 10.5 Å². The average Bonchev–Trinajstić information content (AvgIpc) is 3.17. The molecule has 1 aliphatic heterocycles. The largest absolute Gasteiger partial charge is 0.496 e. The minimum absolute atomic E-state index is 0. The van der Waals surface area contributed by atoms with Crippen molar-refractivity contribution < 1.29 is 22.7 Å². The number of hydrogen-bond donors (Lipinski definition) is 4. The van der Waals surface area contributed by atoms with E-state index in [1.54, 1.807) is 0 Å². The summed E-state index contributed by atoms with van der Waals surface area (Å²) in [5.74, 6) is -0.170. The van der Waals surface area contributed by atoms with Crippen molar-refractivity contribution in [3.8, 4) is 5.75 Å². The third-order valence-electron chi connectivity index (χ3n) is 5.33. The van der Waals surface area contributed by atoms with Gasteiger partial charge < -0.3 is 15.8 Å². The summed E-state index contributed by atoms with van der Waals surface area (Å²) >= 11 is 0. The van der Waals surface area contributed by atoms with Gasteiger partial charge in [0.1, 0.15) is 11.3 Å². The van der Waals surface area contributed by atoms with Gasteiger partial charge in [-0.1, -0.05) is 6.42 Å². The van der Waals surface area contributed by atoms with Crippen LogP contribution in [0, 0.1) is 5.92 Å². The summed E-state index contributed by atoms with van der Waals surface area (Å²) in [5, 5.41) is 4.69. The molecule has 1 saturated heterocycles. The molecule has 0 spiro atoms. The Morgan fingerprint density at radius 3 is 2.61 bits per heavy atom. The molecule has 3 rings (SSSR count). The first-order valence-electron chi connectivity index (χ1n) is 8.76. The molecule has 1 heterocycles. The topological polar surface area (TPSA) is 140 Å². The lowest BCUT2D eigenvalue weighted by Gasteiger charge is -2.25. The van der Waals surface area contributed by atoms with Gasteiger partial charge in [-0.05, 0) is 50.4 Å². The quantitative estimate of drug-likeness (QED) is 0.485. The maximum absolute atomic E-state index is 12.9. The van der Waals surface area contributed by atoms with Gasteiger partial charge in [0.2, 0.25) is 10.0 Å². The van der Waals surface area contributed by atoms with Crippen LogP contribution in [-0.2, 0) is 20.4 Å². The van der Waals surface area contributed by atoms with Crippen LogP contribution in [0.1, 0.15) is 31.7 Å². The molecule has 11 heteroatoms. The average molecular weight is 433 g/mol. The number of imide groups is 1. The van der Waals surface area contributed by atoms with Gasteiger partial charge >= 0.3 is 6.03 Å². The zero-order valence-corrected chi connectivity index (χ0v) is 17.3. The van der Waals surface area contributed by atoms with Gasteiger partial charge in [-0.25, -0.2) is 17.9 Å². The molecule has 9 nitrogen and oxygen atoms in total. The molecule has 0 bridgehead atoms. The Balaban J connectivity index is 0.00000280. The summed E-state index contributed by atoms with van der Waals surface area (Å²) < 4.78 is 33.8. The maximum atomic E-state index is 12.9. The van der Waals surface area contributed by atoms with Gasteiger partial charge in [-0.3, -0.25) is 10.1 Å². The Morgan fingerprint density at radius 1 is 1.32 bits per heavy atom. The first kappa shape index (κ1) is 22.4. The number of sulfonamides is 1. The second kappa shape index (κ2) is 8.24. The van der Waals surface area contributed by atoms with Crippen molar-refractivity contribution in [2.45, 2.75) is 42.7 Å². The minimum atomic E-state index is -3.83. The highest BCUT2D eigenvalue weighted by Gasteiger charge is 2.45. The molecular weight excluding hydrogens is 408 g/mol. The summed E-state index contributed by atoms with van der Waals surface area (Å²) in [6, 6.07) is 3.39. The van der Waals surface area contributed by atoms with E-state index in [-0.39, 0.29) is 34.8 Å². The summed E-state index contributed by atoms with van der Waals surface area (Å²) in [5.41, 5.74) is 4.57. The molecule has 1 saturated carbocycles. The number of halogens is 1.